The Kier molecular flexibility index (Phi) is 4.29. The average molecular weight is 213 g/mol. The van der Waals surface area contributed by atoms with Crippen LogP contribution in [0.3, 0.4) is 0 Å². The Morgan fingerprint density at radius 3 is 2.60 bits per heavy atom. The first-order valence-corrected chi connectivity index (χ1v) is 5.88. The van der Waals surface area contributed by atoms with Crippen LogP contribution in [0.5, 0.6) is 0 Å². The highest BCUT2D eigenvalue weighted by atomic mass is 16.3. The minimum atomic E-state index is -0.122. The number of ketones is 1. The first-order chi connectivity index (χ1) is 7.01. The number of hydrogen-bond donors (Lipinski definition) is 1. The molecule has 0 aromatic heterocycles. The van der Waals surface area contributed by atoms with Crippen molar-refractivity contribution < 1.29 is 9.90 Å². The maximum atomic E-state index is 12.0. The van der Waals surface area contributed by atoms with E-state index in [0.717, 1.165) is 25.9 Å². The van der Waals surface area contributed by atoms with Gasteiger partial charge in [0.15, 0.2) is 0 Å². The molecule has 0 bridgehead atoms. The molecule has 1 saturated carbocycles. The summed E-state index contributed by atoms with van der Waals surface area (Å²) >= 11 is 0. The number of aliphatic hydroxyl groups is 1. The van der Waals surface area contributed by atoms with Crippen LogP contribution in [0.25, 0.3) is 0 Å². The van der Waals surface area contributed by atoms with E-state index < -0.39 is 0 Å². The molecule has 0 heterocycles. The summed E-state index contributed by atoms with van der Waals surface area (Å²) in [5.74, 6) is 0.588. The molecule has 0 aromatic rings. The van der Waals surface area contributed by atoms with Gasteiger partial charge in [-0.15, -0.1) is 0 Å². The van der Waals surface area contributed by atoms with Gasteiger partial charge < -0.3 is 10.0 Å². The van der Waals surface area contributed by atoms with Gasteiger partial charge in [0.05, 0.1) is 6.61 Å². The van der Waals surface area contributed by atoms with Crippen molar-refractivity contribution >= 4 is 5.78 Å². The van der Waals surface area contributed by atoms with Crippen molar-refractivity contribution in [1.82, 2.24) is 4.90 Å². The van der Waals surface area contributed by atoms with E-state index in [0.29, 0.717) is 12.3 Å². The molecule has 1 rings (SSSR count). The number of carbonyl (C=O) groups is 1. The third-order valence-electron chi connectivity index (χ3n) is 3.50. The molecular weight excluding hydrogens is 190 g/mol. The van der Waals surface area contributed by atoms with Gasteiger partial charge in [-0.05, 0) is 19.4 Å². The SMILES string of the molecule is CCN(CCO)CC1CCC(C)(C)C1=O. The second-order valence-corrected chi connectivity index (χ2v) is 5.10. The zero-order valence-electron chi connectivity index (χ0n) is 10.1. The van der Waals surface area contributed by atoms with Crippen LogP contribution in [0.15, 0.2) is 0 Å². The molecule has 0 aliphatic heterocycles. The van der Waals surface area contributed by atoms with E-state index in [1.165, 1.54) is 0 Å². The van der Waals surface area contributed by atoms with Gasteiger partial charge in [-0.3, -0.25) is 4.79 Å². The van der Waals surface area contributed by atoms with E-state index in [2.05, 4.69) is 11.8 Å². The van der Waals surface area contributed by atoms with E-state index in [-0.39, 0.29) is 17.9 Å². The highest BCUT2D eigenvalue weighted by Crippen LogP contribution is 2.37. The minimum absolute atomic E-state index is 0.122. The van der Waals surface area contributed by atoms with Gasteiger partial charge in [-0.25, -0.2) is 0 Å². The Morgan fingerprint density at radius 2 is 2.20 bits per heavy atom. The fourth-order valence-electron chi connectivity index (χ4n) is 2.35. The summed E-state index contributed by atoms with van der Waals surface area (Å²) in [6.45, 7) is 8.73. The van der Waals surface area contributed by atoms with Crippen LogP contribution in [-0.4, -0.2) is 42.0 Å². The summed E-state index contributed by atoms with van der Waals surface area (Å²) in [6.07, 6.45) is 2.01. The van der Waals surface area contributed by atoms with Gasteiger partial charge in [0.2, 0.25) is 0 Å². The first kappa shape index (κ1) is 12.7. The second-order valence-electron chi connectivity index (χ2n) is 5.10. The maximum absolute atomic E-state index is 12.0. The molecule has 1 aliphatic carbocycles. The topological polar surface area (TPSA) is 40.5 Å². The lowest BCUT2D eigenvalue weighted by atomic mass is 9.89. The molecule has 0 aromatic carbocycles. The van der Waals surface area contributed by atoms with Crippen molar-refractivity contribution in [3.05, 3.63) is 0 Å². The minimum Gasteiger partial charge on any atom is -0.395 e. The maximum Gasteiger partial charge on any atom is 0.142 e. The number of nitrogens with zero attached hydrogens (tertiary/aromatic N) is 1. The summed E-state index contributed by atoms with van der Waals surface area (Å²) < 4.78 is 0. The Balaban J connectivity index is 2.49. The van der Waals surface area contributed by atoms with Crippen molar-refractivity contribution in [2.45, 2.75) is 33.6 Å². The second kappa shape index (κ2) is 5.08. The van der Waals surface area contributed by atoms with Gasteiger partial charge in [0.25, 0.3) is 0 Å². The molecule has 1 aliphatic rings. The fourth-order valence-corrected chi connectivity index (χ4v) is 2.35. The van der Waals surface area contributed by atoms with E-state index in [1.807, 2.05) is 13.8 Å². The standard InChI is InChI=1S/C12H23NO2/c1-4-13(7-8-14)9-10-5-6-12(2,3)11(10)15/h10,14H,4-9H2,1-3H3. The third kappa shape index (κ3) is 3.02. The molecule has 1 N–H and O–H groups in total. The summed E-state index contributed by atoms with van der Waals surface area (Å²) in [7, 11) is 0. The lowest BCUT2D eigenvalue weighted by Gasteiger charge is -2.23. The highest BCUT2D eigenvalue weighted by molar-refractivity contribution is 5.88. The van der Waals surface area contributed by atoms with Crippen molar-refractivity contribution in [3.8, 4) is 0 Å². The number of rotatable bonds is 5. The van der Waals surface area contributed by atoms with E-state index in [1.54, 1.807) is 0 Å². The Labute approximate surface area is 92.5 Å². The summed E-state index contributed by atoms with van der Waals surface area (Å²) in [5.41, 5.74) is -0.122. The van der Waals surface area contributed by atoms with Gasteiger partial charge in [-0.1, -0.05) is 20.8 Å². The zero-order chi connectivity index (χ0) is 11.5. The van der Waals surface area contributed by atoms with Crippen LogP contribution in [0, 0.1) is 11.3 Å². The van der Waals surface area contributed by atoms with Gasteiger partial charge in [0.1, 0.15) is 5.78 Å². The van der Waals surface area contributed by atoms with Gasteiger partial charge in [0, 0.05) is 24.4 Å². The molecule has 1 fully saturated rings. The largest absolute Gasteiger partial charge is 0.395 e. The Hall–Kier alpha value is -0.410. The molecule has 3 nitrogen and oxygen atoms in total. The zero-order valence-corrected chi connectivity index (χ0v) is 10.1. The van der Waals surface area contributed by atoms with Crippen LogP contribution in [0.1, 0.15) is 33.6 Å². The van der Waals surface area contributed by atoms with Crippen LogP contribution >= 0.6 is 0 Å². The van der Waals surface area contributed by atoms with E-state index in [9.17, 15) is 4.79 Å². The number of hydrogen-bond acceptors (Lipinski definition) is 3. The molecule has 0 spiro atoms. The lowest BCUT2D eigenvalue weighted by Crippen LogP contribution is -2.35. The summed E-state index contributed by atoms with van der Waals surface area (Å²) in [6, 6.07) is 0. The molecule has 0 radical (unpaired) electrons. The first-order valence-electron chi connectivity index (χ1n) is 5.88. The van der Waals surface area contributed by atoms with Crippen molar-refractivity contribution in [3.63, 3.8) is 0 Å². The lowest BCUT2D eigenvalue weighted by molar-refractivity contribution is -0.128. The summed E-state index contributed by atoms with van der Waals surface area (Å²) in [5, 5.41) is 8.88. The monoisotopic (exact) mass is 213 g/mol. The number of Topliss-reactive ketones (excluding diaryl/α,β-unsaturated/α-hetero) is 1. The Morgan fingerprint density at radius 1 is 1.53 bits per heavy atom. The molecule has 1 unspecified atom stereocenters. The smallest absolute Gasteiger partial charge is 0.142 e. The van der Waals surface area contributed by atoms with Crippen molar-refractivity contribution in [1.29, 1.82) is 0 Å². The Bertz CT molecular complexity index is 226. The van der Waals surface area contributed by atoms with Crippen LogP contribution < -0.4 is 0 Å². The molecule has 1 atom stereocenters. The molecule has 0 amide bonds. The van der Waals surface area contributed by atoms with Crippen LogP contribution in [0.4, 0.5) is 0 Å². The van der Waals surface area contributed by atoms with Crippen LogP contribution in [0.2, 0.25) is 0 Å². The normalized spacial score (nSPS) is 25.1. The number of aliphatic hydroxyl groups excluding tert-OH is 1. The van der Waals surface area contributed by atoms with E-state index >= 15 is 0 Å². The molecule has 3 heteroatoms. The number of carbonyl (C=O) groups excluding carboxylic acids is 1. The van der Waals surface area contributed by atoms with Gasteiger partial charge in [-0.2, -0.15) is 0 Å². The predicted molar refractivity (Wildman–Crippen MR) is 60.7 cm³/mol. The van der Waals surface area contributed by atoms with Crippen molar-refractivity contribution in [2.75, 3.05) is 26.2 Å². The van der Waals surface area contributed by atoms with Crippen molar-refractivity contribution in [2.24, 2.45) is 11.3 Å². The molecule has 88 valence electrons. The van der Waals surface area contributed by atoms with Crippen LogP contribution in [-0.2, 0) is 4.79 Å². The molecular formula is C12H23NO2. The fraction of sp³-hybridized carbons (Fsp3) is 0.917. The third-order valence-corrected chi connectivity index (χ3v) is 3.50. The molecule has 0 saturated heterocycles. The van der Waals surface area contributed by atoms with Gasteiger partial charge >= 0.3 is 0 Å². The average Bonchev–Trinajstić information content (AvgIpc) is 2.44. The molecule has 15 heavy (non-hydrogen) atoms. The highest BCUT2D eigenvalue weighted by Gasteiger charge is 2.40. The predicted octanol–water partition coefficient (Wildman–Crippen LogP) is 1.31. The summed E-state index contributed by atoms with van der Waals surface area (Å²) in [4.78, 5) is 14.2. The van der Waals surface area contributed by atoms with E-state index in [4.69, 9.17) is 5.11 Å². The quantitative estimate of drug-likeness (QED) is 0.748. The number of likely N-dealkylation sites (N-methyl/N-ethyl adjacent to an activating group) is 1.